The van der Waals surface area contributed by atoms with Crippen molar-refractivity contribution in [3.8, 4) is 0 Å². The summed E-state index contributed by atoms with van der Waals surface area (Å²) < 4.78 is 0. The minimum absolute atomic E-state index is 0.0252. The van der Waals surface area contributed by atoms with Gasteiger partial charge in [0.2, 0.25) is 0 Å². The molecular weight excluding hydrogens is 254 g/mol. The zero-order valence-electron chi connectivity index (χ0n) is 11.4. The van der Waals surface area contributed by atoms with Gasteiger partial charge in [0.25, 0.3) is 0 Å². The topological polar surface area (TPSA) is 96.1 Å². The maximum atomic E-state index is 9.58. The van der Waals surface area contributed by atoms with Crippen LogP contribution in [-0.2, 0) is 6.42 Å². The summed E-state index contributed by atoms with van der Waals surface area (Å²) in [5, 5.41) is 12.8. The summed E-state index contributed by atoms with van der Waals surface area (Å²) in [5.41, 5.74) is 4.46. The lowest BCUT2D eigenvalue weighted by atomic mass is 10.1. The van der Waals surface area contributed by atoms with E-state index in [-0.39, 0.29) is 12.6 Å². The Balaban J connectivity index is 2.28. The summed E-state index contributed by atoms with van der Waals surface area (Å²) >= 11 is 0. The second-order valence-corrected chi connectivity index (χ2v) is 4.34. The zero-order valence-corrected chi connectivity index (χ0v) is 11.4. The molecule has 0 fully saturated rings. The highest BCUT2D eigenvalue weighted by molar-refractivity contribution is 5.57. The van der Waals surface area contributed by atoms with Gasteiger partial charge in [-0.05, 0) is 12.0 Å². The molecule has 1 atom stereocenters. The van der Waals surface area contributed by atoms with E-state index < -0.39 is 0 Å². The molecule has 0 radical (unpaired) electrons. The fourth-order valence-electron chi connectivity index (χ4n) is 2.08. The lowest BCUT2D eigenvalue weighted by Gasteiger charge is -2.20. The molecule has 1 aromatic carbocycles. The van der Waals surface area contributed by atoms with Crippen molar-refractivity contribution in [3.63, 3.8) is 0 Å². The van der Waals surface area contributed by atoms with Gasteiger partial charge in [0.05, 0.1) is 12.6 Å². The van der Waals surface area contributed by atoms with Crippen molar-refractivity contribution in [2.24, 2.45) is 5.84 Å². The molecule has 0 aliphatic heterocycles. The third-order valence-corrected chi connectivity index (χ3v) is 3.13. The maximum Gasteiger partial charge on any atom is 0.148 e. The van der Waals surface area contributed by atoms with Gasteiger partial charge < -0.3 is 15.8 Å². The van der Waals surface area contributed by atoms with Crippen molar-refractivity contribution < 1.29 is 5.11 Å². The van der Waals surface area contributed by atoms with E-state index in [0.29, 0.717) is 11.6 Å². The summed E-state index contributed by atoms with van der Waals surface area (Å²) in [4.78, 5) is 8.33. The van der Waals surface area contributed by atoms with Crippen LogP contribution in [0.1, 0.15) is 24.1 Å². The van der Waals surface area contributed by atoms with E-state index in [1.54, 1.807) is 0 Å². The molecule has 0 bridgehead atoms. The van der Waals surface area contributed by atoms with Gasteiger partial charge in [0, 0.05) is 5.56 Å². The van der Waals surface area contributed by atoms with Gasteiger partial charge in [-0.3, -0.25) is 0 Å². The van der Waals surface area contributed by atoms with Crippen LogP contribution in [0.3, 0.4) is 0 Å². The minimum Gasteiger partial charge on any atom is -0.394 e. The molecule has 6 heteroatoms. The molecule has 0 aliphatic rings. The Morgan fingerprint density at radius 2 is 1.90 bits per heavy atom. The second-order valence-electron chi connectivity index (χ2n) is 4.34. The zero-order chi connectivity index (χ0) is 14.4. The fourth-order valence-corrected chi connectivity index (χ4v) is 2.08. The van der Waals surface area contributed by atoms with Gasteiger partial charge in [-0.15, -0.1) is 0 Å². The van der Waals surface area contributed by atoms with Crippen molar-refractivity contribution in [3.05, 3.63) is 47.8 Å². The van der Waals surface area contributed by atoms with Crippen molar-refractivity contribution in [2.45, 2.75) is 19.4 Å². The number of nitrogens with zero attached hydrogens (tertiary/aromatic N) is 2. The highest BCUT2D eigenvalue weighted by atomic mass is 16.3. The number of hydrogen-bond donors (Lipinski definition) is 4. The maximum absolute atomic E-state index is 9.58. The van der Waals surface area contributed by atoms with Crippen molar-refractivity contribution in [2.75, 3.05) is 17.3 Å². The standard InChI is InChI=1S/C14H19N5O/c1-2-11-13(16-9-17-14(11)19-15)18-12(8-20)10-6-4-3-5-7-10/h3-7,9,12,20H,2,8,15H2,1H3,(H2,16,17,18,19). The number of aliphatic hydroxyl groups excluding tert-OH is 1. The molecule has 0 amide bonds. The van der Waals surface area contributed by atoms with Gasteiger partial charge in [0.15, 0.2) is 0 Å². The van der Waals surface area contributed by atoms with Gasteiger partial charge >= 0.3 is 0 Å². The number of anilines is 2. The Labute approximate surface area is 118 Å². The van der Waals surface area contributed by atoms with Crippen LogP contribution in [0.5, 0.6) is 0 Å². The lowest BCUT2D eigenvalue weighted by Crippen LogP contribution is -2.19. The van der Waals surface area contributed by atoms with E-state index in [9.17, 15) is 5.11 Å². The second kappa shape index (κ2) is 6.83. The summed E-state index contributed by atoms with van der Waals surface area (Å²) in [5.74, 6) is 6.72. The van der Waals surface area contributed by atoms with Gasteiger partial charge in [-0.1, -0.05) is 37.3 Å². The molecule has 0 saturated heterocycles. The largest absolute Gasteiger partial charge is 0.394 e. The first-order valence-electron chi connectivity index (χ1n) is 6.53. The normalized spacial score (nSPS) is 11.9. The molecule has 5 N–H and O–H groups in total. The van der Waals surface area contributed by atoms with Crippen LogP contribution in [0.4, 0.5) is 11.6 Å². The molecule has 0 spiro atoms. The van der Waals surface area contributed by atoms with Crippen LogP contribution in [0.15, 0.2) is 36.7 Å². The number of nitrogen functional groups attached to an aromatic ring is 1. The molecular formula is C14H19N5O. The molecule has 2 rings (SSSR count). The number of rotatable bonds is 6. The number of aliphatic hydroxyl groups is 1. The first kappa shape index (κ1) is 14.2. The number of aromatic nitrogens is 2. The summed E-state index contributed by atoms with van der Waals surface area (Å²) in [7, 11) is 0. The number of nitrogens with two attached hydrogens (primary N) is 1. The molecule has 2 aromatic rings. The average molecular weight is 273 g/mol. The summed E-state index contributed by atoms with van der Waals surface area (Å²) in [6.45, 7) is 1.98. The van der Waals surface area contributed by atoms with Crippen LogP contribution in [0, 0.1) is 0 Å². The molecule has 1 heterocycles. The van der Waals surface area contributed by atoms with Crippen molar-refractivity contribution >= 4 is 11.6 Å². The van der Waals surface area contributed by atoms with Crippen LogP contribution in [0.25, 0.3) is 0 Å². The SMILES string of the molecule is CCc1c(NN)ncnc1NC(CO)c1ccccc1. The fraction of sp³-hybridized carbons (Fsp3) is 0.286. The van der Waals surface area contributed by atoms with Crippen LogP contribution in [-0.4, -0.2) is 21.7 Å². The number of hydrogen-bond acceptors (Lipinski definition) is 6. The molecule has 20 heavy (non-hydrogen) atoms. The quantitative estimate of drug-likeness (QED) is 0.470. The predicted octanol–water partition coefficient (Wildman–Crippen LogP) is 1.47. The summed E-state index contributed by atoms with van der Waals surface area (Å²) in [6, 6.07) is 9.52. The smallest absolute Gasteiger partial charge is 0.148 e. The molecule has 1 unspecified atom stereocenters. The van der Waals surface area contributed by atoms with E-state index in [1.165, 1.54) is 6.33 Å². The lowest BCUT2D eigenvalue weighted by molar-refractivity contribution is 0.276. The number of nitrogens with one attached hydrogen (secondary N) is 2. The molecule has 1 aromatic heterocycles. The van der Waals surface area contributed by atoms with E-state index in [1.807, 2.05) is 37.3 Å². The molecule has 6 nitrogen and oxygen atoms in total. The Morgan fingerprint density at radius 1 is 1.20 bits per heavy atom. The van der Waals surface area contributed by atoms with E-state index in [0.717, 1.165) is 17.5 Å². The number of hydrazine groups is 1. The van der Waals surface area contributed by atoms with E-state index in [2.05, 4.69) is 20.7 Å². The van der Waals surface area contributed by atoms with Crippen LogP contribution < -0.4 is 16.6 Å². The highest BCUT2D eigenvalue weighted by Gasteiger charge is 2.14. The average Bonchev–Trinajstić information content (AvgIpc) is 2.52. The van der Waals surface area contributed by atoms with Gasteiger partial charge in [0.1, 0.15) is 18.0 Å². The molecule has 0 aliphatic carbocycles. The Kier molecular flexibility index (Phi) is 4.86. The van der Waals surface area contributed by atoms with Gasteiger partial charge in [-0.2, -0.15) is 0 Å². The monoisotopic (exact) mass is 273 g/mol. The van der Waals surface area contributed by atoms with Crippen molar-refractivity contribution in [1.29, 1.82) is 0 Å². The third-order valence-electron chi connectivity index (χ3n) is 3.13. The number of benzene rings is 1. The Morgan fingerprint density at radius 3 is 2.50 bits per heavy atom. The van der Waals surface area contributed by atoms with Gasteiger partial charge in [-0.25, -0.2) is 15.8 Å². The van der Waals surface area contributed by atoms with Crippen molar-refractivity contribution in [1.82, 2.24) is 9.97 Å². The Hall–Kier alpha value is -2.18. The van der Waals surface area contributed by atoms with Crippen LogP contribution in [0.2, 0.25) is 0 Å². The highest BCUT2D eigenvalue weighted by Crippen LogP contribution is 2.24. The third kappa shape index (κ3) is 3.04. The minimum atomic E-state index is -0.220. The first-order chi connectivity index (χ1) is 9.80. The van der Waals surface area contributed by atoms with E-state index in [4.69, 9.17) is 5.84 Å². The predicted molar refractivity (Wildman–Crippen MR) is 79.1 cm³/mol. The summed E-state index contributed by atoms with van der Waals surface area (Å²) in [6.07, 6.45) is 2.17. The molecule has 106 valence electrons. The van der Waals surface area contributed by atoms with E-state index >= 15 is 0 Å². The molecule has 0 saturated carbocycles. The first-order valence-corrected chi connectivity index (χ1v) is 6.53. The van der Waals surface area contributed by atoms with Crippen LogP contribution >= 0.6 is 0 Å². The Bertz CT molecular complexity index is 547.